The molecule has 0 bridgehead atoms. The Morgan fingerprint density at radius 2 is 1.89 bits per heavy atom. The summed E-state index contributed by atoms with van der Waals surface area (Å²) in [5.41, 5.74) is 1.68. The normalized spacial score (nSPS) is 16.6. The highest BCUT2D eigenvalue weighted by Crippen LogP contribution is 2.22. The highest BCUT2D eigenvalue weighted by molar-refractivity contribution is 5.81. The third-order valence-corrected chi connectivity index (χ3v) is 5.06. The van der Waals surface area contributed by atoms with E-state index in [1.165, 1.54) is 11.6 Å². The Morgan fingerprint density at radius 1 is 1.14 bits per heavy atom. The monoisotopic (exact) mass is 382 g/mol. The number of likely N-dealkylation sites (tertiary alicyclic amines) is 1. The lowest BCUT2D eigenvalue weighted by Crippen LogP contribution is -2.35. The van der Waals surface area contributed by atoms with Gasteiger partial charge in [-0.05, 0) is 36.9 Å². The minimum Gasteiger partial charge on any atom is -0.371 e. The molecular weight excluding hydrogens is 356 g/mol. The average molecular weight is 382 g/mol. The maximum absolute atomic E-state index is 12.1. The molecule has 3 rings (SSSR count). The van der Waals surface area contributed by atoms with Crippen molar-refractivity contribution in [2.24, 2.45) is 5.92 Å². The van der Waals surface area contributed by atoms with E-state index in [1.807, 2.05) is 6.07 Å². The number of amides is 1. The number of nitro groups is 1. The van der Waals surface area contributed by atoms with E-state index >= 15 is 0 Å². The summed E-state index contributed by atoms with van der Waals surface area (Å²) in [6, 6.07) is 16.8. The third-order valence-electron chi connectivity index (χ3n) is 5.06. The molecule has 2 aromatic rings. The molecule has 148 valence electrons. The van der Waals surface area contributed by atoms with Gasteiger partial charge in [0.25, 0.3) is 5.69 Å². The van der Waals surface area contributed by atoms with E-state index in [1.54, 1.807) is 18.2 Å². The van der Waals surface area contributed by atoms with Crippen molar-refractivity contribution in [2.45, 2.75) is 12.8 Å². The van der Waals surface area contributed by atoms with Crippen molar-refractivity contribution in [2.75, 3.05) is 38.0 Å². The van der Waals surface area contributed by atoms with Crippen LogP contribution in [0.4, 0.5) is 11.4 Å². The van der Waals surface area contributed by atoms with Crippen LogP contribution in [0.3, 0.4) is 0 Å². The minimum absolute atomic E-state index is 0.0231. The molecule has 0 aliphatic carbocycles. The van der Waals surface area contributed by atoms with Crippen molar-refractivity contribution in [1.29, 1.82) is 0 Å². The Balaban J connectivity index is 1.36. The number of nitrogens with one attached hydrogen (secondary N) is 2. The van der Waals surface area contributed by atoms with E-state index in [0.29, 0.717) is 18.2 Å². The zero-order valence-corrected chi connectivity index (χ0v) is 15.8. The van der Waals surface area contributed by atoms with Crippen LogP contribution in [0.25, 0.3) is 0 Å². The van der Waals surface area contributed by atoms with Crippen molar-refractivity contribution in [1.82, 2.24) is 10.2 Å². The van der Waals surface area contributed by atoms with E-state index in [2.05, 4.69) is 39.8 Å². The van der Waals surface area contributed by atoms with E-state index in [4.69, 9.17) is 0 Å². The van der Waals surface area contributed by atoms with Crippen molar-refractivity contribution in [3.8, 4) is 0 Å². The average Bonchev–Trinajstić information content (AvgIpc) is 3.18. The van der Waals surface area contributed by atoms with Gasteiger partial charge in [-0.2, -0.15) is 0 Å². The lowest BCUT2D eigenvalue weighted by molar-refractivity contribution is -0.383. The van der Waals surface area contributed by atoms with Crippen LogP contribution in [0.15, 0.2) is 54.6 Å². The molecular formula is C21H26N4O3. The van der Waals surface area contributed by atoms with Gasteiger partial charge in [0.2, 0.25) is 5.91 Å². The molecule has 28 heavy (non-hydrogen) atoms. The number of rotatable bonds is 9. The van der Waals surface area contributed by atoms with Gasteiger partial charge in [0, 0.05) is 25.7 Å². The van der Waals surface area contributed by atoms with Crippen LogP contribution in [-0.4, -0.2) is 48.5 Å². The molecule has 2 N–H and O–H groups in total. The molecule has 2 aromatic carbocycles. The van der Waals surface area contributed by atoms with Gasteiger partial charge < -0.3 is 15.5 Å². The molecule has 1 heterocycles. The first-order chi connectivity index (χ1) is 13.6. The molecule has 1 atom stereocenters. The topological polar surface area (TPSA) is 87.5 Å². The van der Waals surface area contributed by atoms with E-state index < -0.39 is 4.92 Å². The molecule has 7 heteroatoms. The van der Waals surface area contributed by atoms with E-state index in [0.717, 1.165) is 32.5 Å². The molecule has 0 saturated carbocycles. The predicted octanol–water partition coefficient (Wildman–Crippen LogP) is 2.69. The second-order valence-corrected chi connectivity index (χ2v) is 7.12. The fraction of sp³-hybridized carbons (Fsp3) is 0.381. The summed E-state index contributed by atoms with van der Waals surface area (Å²) in [4.78, 5) is 25.1. The van der Waals surface area contributed by atoms with Crippen LogP contribution in [-0.2, 0) is 11.2 Å². The molecule has 1 amide bonds. The number of hydrogen-bond acceptors (Lipinski definition) is 5. The Bertz CT molecular complexity index is 797. The second kappa shape index (κ2) is 9.85. The van der Waals surface area contributed by atoms with Crippen LogP contribution in [0.1, 0.15) is 12.0 Å². The van der Waals surface area contributed by atoms with Crippen LogP contribution in [0.5, 0.6) is 0 Å². The molecule has 1 aliphatic rings. The summed E-state index contributed by atoms with van der Waals surface area (Å²) < 4.78 is 0. The molecule has 0 spiro atoms. The summed E-state index contributed by atoms with van der Waals surface area (Å²) in [5, 5.41) is 16.8. The number of hydrogen-bond donors (Lipinski definition) is 2. The van der Waals surface area contributed by atoms with Crippen molar-refractivity contribution < 1.29 is 9.72 Å². The van der Waals surface area contributed by atoms with Crippen LogP contribution in [0.2, 0.25) is 0 Å². The third kappa shape index (κ3) is 5.79. The molecule has 0 aromatic heterocycles. The molecule has 1 saturated heterocycles. The first kappa shape index (κ1) is 19.8. The van der Waals surface area contributed by atoms with Crippen molar-refractivity contribution in [3.63, 3.8) is 0 Å². The van der Waals surface area contributed by atoms with Crippen molar-refractivity contribution in [3.05, 3.63) is 70.3 Å². The summed E-state index contributed by atoms with van der Waals surface area (Å²) >= 11 is 0. The lowest BCUT2D eigenvalue weighted by atomic mass is 10.1. The van der Waals surface area contributed by atoms with Gasteiger partial charge in [-0.1, -0.05) is 42.5 Å². The summed E-state index contributed by atoms with van der Waals surface area (Å²) in [5.74, 6) is 0.298. The first-order valence-electron chi connectivity index (χ1n) is 9.62. The van der Waals surface area contributed by atoms with Gasteiger partial charge in [-0.15, -0.1) is 0 Å². The quantitative estimate of drug-likeness (QED) is 0.514. The standard InChI is InChI=1S/C21H26N4O3/c26-21(15-22-19-8-4-5-9-20(19)25(27)28)23-14-18-11-13-24(16-18)12-10-17-6-2-1-3-7-17/h1-9,18,22H,10-16H2,(H,23,26). The van der Waals surface area contributed by atoms with Gasteiger partial charge in [0.05, 0.1) is 11.5 Å². The molecule has 1 unspecified atom stereocenters. The number of carbonyl (C=O) groups is 1. The number of nitro benzene ring substituents is 1. The van der Waals surface area contributed by atoms with Gasteiger partial charge >= 0.3 is 0 Å². The summed E-state index contributed by atoms with van der Waals surface area (Å²) in [6.07, 6.45) is 2.12. The Hall–Kier alpha value is -2.93. The number of anilines is 1. The Kier molecular flexibility index (Phi) is 6.97. The lowest BCUT2D eigenvalue weighted by Gasteiger charge is -2.16. The molecule has 1 aliphatic heterocycles. The Labute approximate surface area is 164 Å². The smallest absolute Gasteiger partial charge is 0.292 e. The molecule has 1 fully saturated rings. The van der Waals surface area contributed by atoms with Gasteiger partial charge in [0.1, 0.15) is 5.69 Å². The zero-order valence-electron chi connectivity index (χ0n) is 15.8. The van der Waals surface area contributed by atoms with E-state index in [9.17, 15) is 14.9 Å². The minimum atomic E-state index is -0.456. The largest absolute Gasteiger partial charge is 0.371 e. The first-order valence-corrected chi connectivity index (χ1v) is 9.62. The molecule has 7 nitrogen and oxygen atoms in total. The fourth-order valence-corrected chi connectivity index (χ4v) is 3.49. The number of para-hydroxylation sites is 2. The SMILES string of the molecule is O=C(CNc1ccccc1[N+](=O)[O-])NCC1CCN(CCc2ccccc2)C1. The van der Waals surface area contributed by atoms with Crippen LogP contribution >= 0.6 is 0 Å². The highest BCUT2D eigenvalue weighted by Gasteiger charge is 2.22. The van der Waals surface area contributed by atoms with Gasteiger partial charge in [-0.3, -0.25) is 14.9 Å². The second-order valence-electron chi connectivity index (χ2n) is 7.12. The van der Waals surface area contributed by atoms with Crippen molar-refractivity contribution >= 4 is 17.3 Å². The zero-order chi connectivity index (χ0) is 19.8. The number of benzene rings is 2. The van der Waals surface area contributed by atoms with E-state index in [-0.39, 0.29) is 18.1 Å². The highest BCUT2D eigenvalue weighted by atomic mass is 16.6. The summed E-state index contributed by atoms with van der Waals surface area (Å²) in [7, 11) is 0. The van der Waals surface area contributed by atoms with Gasteiger partial charge in [-0.25, -0.2) is 0 Å². The predicted molar refractivity (Wildman–Crippen MR) is 109 cm³/mol. The maximum atomic E-state index is 12.1. The maximum Gasteiger partial charge on any atom is 0.292 e. The van der Waals surface area contributed by atoms with Gasteiger partial charge in [0.15, 0.2) is 0 Å². The number of carbonyl (C=O) groups excluding carboxylic acids is 1. The molecule has 0 radical (unpaired) electrons. The fourth-order valence-electron chi connectivity index (χ4n) is 3.49. The van der Waals surface area contributed by atoms with Crippen LogP contribution < -0.4 is 10.6 Å². The van der Waals surface area contributed by atoms with Crippen LogP contribution in [0, 0.1) is 16.0 Å². The summed E-state index contributed by atoms with van der Waals surface area (Å²) in [6.45, 7) is 3.74. The number of nitrogens with zero attached hydrogens (tertiary/aromatic N) is 2. The Morgan fingerprint density at radius 3 is 2.68 bits per heavy atom.